The molecule has 3 N–H and O–H groups in total. The van der Waals surface area contributed by atoms with Gasteiger partial charge in [-0.1, -0.05) is 0 Å². The molecule has 0 aliphatic heterocycles. The molecule has 0 aliphatic rings. The summed E-state index contributed by atoms with van der Waals surface area (Å²) in [5.41, 5.74) is 0.0686. The largest absolute Gasteiger partial charge is 0.481 e. The highest BCUT2D eigenvalue weighted by Crippen LogP contribution is 2.13. The number of hydrogen-bond acceptors (Lipinski definition) is 3. The molecule has 1 aromatic rings. The van der Waals surface area contributed by atoms with Crippen LogP contribution in [-0.4, -0.2) is 23.7 Å². The number of carboxylic acid groups (broad SMARTS) is 1. The lowest BCUT2D eigenvalue weighted by Gasteiger charge is -2.06. The molecular weight excluding hydrogens is 241 g/mol. The van der Waals surface area contributed by atoms with Crippen molar-refractivity contribution in [1.29, 1.82) is 5.26 Å². The van der Waals surface area contributed by atoms with Crippen LogP contribution in [0.1, 0.15) is 12.0 Å². The zero-order valence-electron chi connectivity index (χ0n) is 9.24. The number of carbonyl (C=O) groups excluding carboxylic acids is 1. The van der Waals surface area contributed by atoms with Crippen LogP contribution in [0.2, 0.25) is 0 Å². The van der Waals surface area contributed by atoms with Crippen molar-refractivity contribution in [2.24, 2.45) is 0 Å². The molecule has 0 atom stereocenters. The summed E-state index contributed by atoms with van der Waals surface area (Å²) in [6.07, 6.45) is -0.194. The van der Waals surface area contributed by atoms with E-state index in [4.69, 9.17) is 10.4 Å². The number of urea groups is 1. The number of anilines is 1. The smallest absolute Gasteiger partial charge is 0.319 e. The summed E-state index contributed by atoms with van der Waals surface area (Å²) in [6.45, 7) is -0.0204. The number of halogens is 1. The third kappa shape index (κ3) is 4.09. The van der Waals surface area contributed by atoms with E-state index in [1.165, 1.54) is 12.1 Å². The van der Waals surface area contributed by atoms with Gasteiger partial charge in [-0.25, -0.2) is 9.18 Å². The molecule has 0 spiro atoms. The third-order valence-corrected chi connectivity index (χ3v) is 1.97. The number of amides is 2. The highest BCUT2D eigenvalue weighted by atomic mass is 19.1. The van der Waals surface area contributed by atoms with Gasteiger partial charge >= 0.3 is 12.0 Å². The molecule has 2 amide bonds. The summed E-state index contributed by atoms with van der Waals surface area (Å²) in [7, 11) is 0. The fraction of sp³-hybridized carbons (Fsp3) is 0.182. The number of aliphatic carboxylic acids is 1. The van der Waals surface area contributed by atoms with E-state index in [1.54, 1.807) is 6.07 Å². The van der Waals surface area contributed by atoms with Crippen molar-refractivity contribution < 1.29 is 19.1 Å². The van der Waals surface area contributed by atoms with Crippen molar-refractivity contribution in [3.63, 3.8) is 0 Å². The molecule has 0 unspecified atom stereocenters. The normalized spacial score (nSPS) is 9.33. The Balaban J connectivity index is 2.55. The van der Waals surface area contributed by atoms with Crippen LogP contribution < -0.4 is 10.6 Å². The predicted octanol–water partition coefficient (Wildman–Crippen LogP) is 1.29. The maximum absolute atomic E-state index is 13.0. The van der Waals surface area contributed by atoms with E-state index in [2.05, 4.69) is 10.6 Å². The molecule has 0 bridgehead atoms. The zero-order valence-corrected chi connectivity index (χ0v) is 9.24. The Morgan fingerprint density at radius 2 is 2.17 bits per heavy atom. The third-order valence-electron chi connectivity index (χ3n) is 1.97. The van der Waals surface area contributed by atoms with Crippen LogP contribution in [0.4, 0.5) is 14.9 Å². The van der Waals surface area contributed by atoms with Crippen molar-refractivity contribution in [1.82, 2.24) is 5.32 Å². The Hall–Kier alpha value is -2.62. The van der Waals surface area contributed by atoms with Crippen molar-refractivity contribution in [3.05, 3.63) is 29.6 Å². The SMILES string of the molecule is N#Cc1cc(NC(=O)NCCC(=O)O)ccc1F. The zero-order chi connectivity index (χ0) is 13.5. The standard InChI is InChI=1S/C11H10FN3O3/c12-9-2-1-8(5-7(9)6-13)15-11(18)14-4-3-10(16)17/h1-2,5H,3-4H2,(H,16,17)(H2,14,15,18). The minimum atomic E-state index is -1.02. The molecule has 94 valence electrons. The van der Waals surface area contributed by atoms with Gasteiger partial charge in [-0.3, -0.25) is 4.79 Å². The number of nitriles is 1. The number of rotatable bonds is 4. The Kier molecular flexibility index (Phi) is 4.63. The lowest BCUT2D eigenvalue weighted by molar-refractivity contribution is -0.136. The molecule has 1 aromatic carbocycles. The van der Waals surface area contributed by atoms with Gasteiger partial charge in [0.05, 0.1) is 12.0 Å². The van der Waals surface area contributed by atoms with E-state index in [1.807, 2.05) is 0 Å². The van der Waals surface area contributed by atoms with Gasteiger partial charge in [0.2, 0.25) is 0 Å². The molecule has 0 radical (unpaired) electrons. The summed E-state index contributed by atoms with van der Waals surface area (Å²) in [4.78, 5) is 21.5. The van der Waals surface area contributed by atoms with Crippen LogP contribution in [0.5, 0.6) is 0 Å². The van der Waals surface area contributed by atoms with Gasteiger partial charge in [-0.15, -0.1) is 0 Å². The van der Waals surface area contributed by atoms with Crippen LogP contribution in [-0.2, 0) is 4.79 Å². The first-order chi connectivity index (χ1) is 8.52. The molecule has 0 aliphatic carbocycles. The van der Waals surface area contributed by atoms with Crippen LogP contribution in [0.3, 0.4) is 0 Å². The van der Waals surface area contributed by atoms with E-state index in [-0.39, 0.29) is 24.2 Å². The van der Waals surface area contributed by atoms with Crippen molar-refractivity contribution in [2.45, 2.75) is 6.42 Å². The van der Waals surface area contributed by atoms with Gasteiger partial charge in [-0.05, 0) is 18.2 Å². The van der Waals surface area contributed by atoms with Crippen molar-refractivity contribution >= 4 is 17.7 Å². The molecule has 0 fully saturated rings. The first-order valence-corrected chi connectivity index (χ1v) is 4.99. The average molecular weight is 251 g/mol. The van der Waals surface area contributed by atoms with Gasteiger partial charge in [0.1, 0.15) is 11.9 Å². The molecule has 18 heavy (non-hydrogen) atoms. The lowest BCUT2D eigenvalue weighted by atomic mass is 10.2. The summed E-state index contributed by atoms with van der Waals surface area (Å²) in [5, 5.41) is 21.6. The molecule has 0 heterocycles. The number of benzene rings is 1. The van der Waals surface area contributed by atoms with E-state index >= 15 is 0 Å². The minimum absolute atomic E-state index is 0.0204. The molecule has 7 heteroatoms. The Labute approximate surface area is 102 Å². The minimum Gasteiger partial charge on any atom is -0.481 e. The summed E-state index contributed by atoms with van der Waals surface area (Å²) in [6, 6.07) is 4.57. The summed E-state index contributed by atoms with van der Waals surface area (Å²) < 4.78 is 13.0. The second-order valence-electron chi connectivity index (χ2n) is 3.33. The van der Waals surface area contributed by atoms with Gasteiger partial charge < -0.3 is 15.7 Å². The molecule has 0 aromatic heterocycles. The fourth-order valence-electron chi connectivity index (χ4n) is 1.15. The van der Waals surface area contributed by atoms with E-state index in [0.29, 0.717) is 0 Å². The number of hydrogen-bond donors (Lipinski definition) is 3. The molecule has 0 saturated heterocycles. The quantitative estimate of drug-likeness (QED) is 0.750. The number of nitrogens with one attached hydrogen (secondary N) is 2. The van der Waals surface area contributed by atoms with Crippen LogP contribution >= 0.6 is 0 Å². The van der Waals surface area contributed by atoms with Gasteiger partial charge in [0.25, 0.3) is 0 Å². The first-order valence-electron chi connectivity index (χ1n) is 4.99. The van der Waals surface area contributed by atoms with E-state index in [0.717, 1.165) is 6.07 Å². The first kappa shape index (κ1) is 13.4. The topological polar surface area (TPSA) is 102 Å². The summed E-state index contributed by atoms with van der Waals surface area (Å²) in [5.74, 6) is -1.70. The molecular formula is C11H10FN3O3. The van der Waals surface area contributed by atoms with Gasteiger partial charge in [0, 0.05) is 12.2 Å². The van der Waals surface area contributed by atoms with Gasteiger partial charge in [0.15, 0.2) is 0 Å². The second-order valence-corrected chi connectivity index (χ2v) is 3.33. The second kappa shape index (κ2) is 6.20. The Morgan fingerprint density at radius 3 is 2.78 bits per heavy atom. The monoisotopic (exact) mass is 251 g/mol. The van der Waals surface area contributed by atoms with Gasteiger partial charge in [-0.2, -0.15) is 5.26 Å². The lowest BCUT2D eigenvalue weighted by Crippen LogP contribution is -2.30. The van der Waals surface area contributed by atoms with E-state index in [9.17, 15) is 14.0 Å². The average Bonchev–Trinajstić information content (AvgIpc) is 2.31. The fourth-order valence-corrected chi connectivity index (χ4v) is 1.15. The van der Waals surface area contributed by atoms with Crippen molar-refractivity contribution in [3.8, 4) is 6.07 Å². The predicted molar refractivity (Wildman–Crippen MR) is 60.4 cm³/mol. The molecule has 1 rings (SSSR count). The van der Waals surface area contributed by atoms with Crippen molar-refractivity contribution in [2.75, 3.05) is 11.9 Å². The van der Waals surface area contributed by atoms with E-state index < -0.39 is 17.8 Å². The van der Waals surface area contributed by atoms with Crippen LogP contribution in [0.15, 0.2) is 18.2 Å². The maximum Gasteiger partial charge on any atom is 0.319 e. The number of carbonyl (C=O) groups is 2. The number of nitrogens with zero attached hydrogens (tertiary/aromatic N) is 1. The number of carboxylic acids is 1. The highest BCUT2D eigenvalue weighted by molar-refractivity contribution is 5.89. The van der Waals surface area contributed by atoms with Crippen LogP contribution in [0.25, 0.3) is 0 Å². The molecule has 0 saturated carbocycles. The Morgan fingerprint density at radius 1 is 1.44 bits per heavy atom. The maximum atomic E-state index is 13.0. The highest BCUT2D eigenvalue weighted by Gasteiger charge is 2.06. The molecule has 6 nitrogen and oxygen atoms in total. The van der Waals surface area contributed by atoms with Crippen LogP contribution in [0, 0.1) is 17.1 Å². The summed E-state index contributed by atoms with van der Waals surface area (Å²) >= 11 is 0. The Bertz CT molecular complexity index is 511.